The van der Waals surface area contributed by atoms with E-state index in [1.807, 2.05) is 24.3 Å². The van der Waals surface area contributed by atoms with Crippen LogP contribution in [0.2, 0.25) is 0 Å². The number of H-pyrrole nitrogens is 1. The highest BCUT2D eigenvalue weighted by Crippen LogP contribution is 2.09. The van der Waals surface area contributed by atoms with Gasteiger partial charge in [-0.25, -0.2) is 0 Å². The molecule has 5 heteroatoms. The van der Waals surface area contributed by atoms with Crippen LogP contribution in [0.15, 0.2) is 36.5 Å². The van der Waals surface area contributed by atoms with Crippen molar-refractivity contribution >= 4 is 5.91 Å². The summed E-state index contributed by atoms with van der Waals surface area (Å²) in [7, 11) is 1.76. The lowest BCUT2D eigenvalue weighted by Crippen LogP contribution is -2.26. The highest BCUT2D eigenvalue weighted by atomic mass is 16.2. The van der Waals surface area contributed by atoms with Gasteiger partial charge in [-0.15, -0.1) is 0 Å². The molecule has 2 aromatic rings. The van der Waals surface area contributed by atoms with Crippen molar-refractivity contribution in [3.8, 4) is 0 Å². The van der Waals surface area contributed by atoms with Gasteiger partial charge in [-0.2, -0.15) is 5.10 Å². The van der Waals surface area contributed by atoms with Gasteiger partial charge in [0, 0.05) is 26.3 Å². The third-order valence-corrected chi connectivity index (χ3v) is 2.72. The smallest absolute Gasteiger partial charge is 0.271 e. The van der Waals surface area contributed by atoms with Gasteiger partial charge in [0.05, 0.1) is 0 Å². The fourth-order valence-corrected chi connectivity index (χ4v) is 1.78. The molecule has 0 aliphatic heterocycles. The number of hydrogen-bond acceptors (Lipinski definition) is 3. The van der Waals surface area contributed by atoms with E-state index in [9.17, 15) is 4.79 Å². The highest BCUT2D eigenvalue weighted by Gasteiger charge is 2.12. The zero-order valence-corrected chi connectivity index (χ0v) is 10.3. The maximum absolute atomic E-state index is 12.0. The Kier molecular flexibility index (Phi) is 3.74. The maximum atomic E-state index is 12.0. The van der Waals surface area contributed by atoms with E-state index in [0.717, 1.165) is 11.1 Å². The van der Waals surface area contributed by atoms with Gasteiger partial charge in [-0.1, -0.05) is 24.3 Å². The molecule has 2 rings (SSSR count). The van der Waals surface area contributed by atoms with Crippen molar-refractivity contribution in [1.29, 1.82) is 0 Å². The molecular weight excluding hydrogens is 228 g/mol. The fraction of sp³-hybridized carbons (Fsp3) is 0.231. The van der Waals surface area contributed by atoms with Crippen LogP contribution in [-0.2, 0) is 13.1 Å². The van der Waals surface area contributed by atoms with Crippen molar-refractivity contribution in [2.45, 2.75) is 13.1 Å². The zero-order chi connectivity index (χ0) is 13.0. The summed E-state index contributed by atoms with van der Waals surface area (Å²) in [4.78, 5) is 13.6. The van der Waals surface area contributed by atoms with E-state index in [4.69, 9.17) is 5.73 Å². The largest absolute Gasteiger partial charge is 0.336 e. The Bertz CT molecular complexity index is 522. The van der Waals surface area contributed by atoms with Gasteiger partial charge in [-0.3, -0.25) is 9.89 Å². The molecule has 0 unspecified atom stereocenters. The molecule has 1 amide bonds. The van der Waals surface area contributed by atoms with Gasteiger partial charge in [0.1, 0.15) is 5.69 Å². The first-order valence-electron chi connectivity index (χ1n) is 5.73. The molecule has 0 bridgehead atoms. The number of amides is 1. The quantitative estimate of drug-likeness (QED) is 0.847. The van der Waals surface area contributed by atoms with Gasteiger partial charge in [-0.05, 0) is 17.2 Å². The number of aromatic nitrogens is 2. The number of rotatable bonds is 4. The van der Waals surface area contributed by atoms with Crippen LogP contribution in [0.5, 0.6) is 0 Å². The summed E-state index contributed by atoms with van der Waals surface area (Å²) in [5.41, 5.74) is 8.21. The maximum Gasteiger partial charge on any atom is 0.271 e. The molecule has 0 atom stereocenters. The molecule has 1 aromatic heterocycles. The molecule has 3 N–H and O–H groups in total. The lowest BCUT2D eigenvalue weighted by Gasteiger charge is -2.16. The van der Waals surface area contributed by atoms with Gasteiger partial charge < -0.3 is 10.6 Å². The minimum atomic E-state index is -0.0781. The van der Waals surface area contributed by atoms with Crippen molar-refractivity contribution in [3.63, 3.8) is 0 Å². The number of nitrogens with one attached hydrogen (secondary N) is 1. The molecule has 0 spiro atoms. The van der Waals surface area contributed by atoms with E-state index >= 15 is 0 Å². The Morgan fingerprint density at radius 3 is 2.83 bits per heavy atom. The number of nitrogens with zero attached hydrogens (tertiary/aromatic N) is 2. The minimum absolute atomic E-state index is 0.0781. The van der Waals surface area contributed by atoms with Crippen molar-refractivity contribution in [2.24, 2.45) is 5.73 Å². The Labute approximate surface area is 106 Å². The van der Waals surface area contributed by atoms with E-state index in [0.29, 0.717) is 18.8 Å². The molecule has 0 radical (unpaired) electrons. The summed E-state index contributed by atoms with van der Waals surface area (Å²) in [6.45, 7) is 1.05. The highest BCUT2D eigenvalue weighted by molar-refractivity contribution is 5.91. The average molecular weight is 244 g/mol. The van der Waals surface area contributed by atoms with E-state index in [2.05, 4.69) is 10.2 Å². The Hall–Kier alpha value is -2.14. The molecule has 5 nitrogen and oxygen atoms in total. The van der Waals surface area contributed by atoms with Crippen LogP contribution in [0.4, 0.5) is 0 Å². The number of carbonyl (C=O) groups excluding carboxylic acids is 1. The number of aromatic amines is 1. The van der Waals surface area contributed by atoms with Crippen molar-refractivity contribution in [2.75, 3.05) is 7.05 Å². The fourth-order valence-electron chi connectivity index (χ4n) is 1.78. The monoisotopic (exact) mass is 244 g/mol. The summed E-state index contributed by atoms with van der Waals surface area (Å²) in [6, 6.07) is 9.58. The number of hydrogen-bond donors (Lipinski definition) is 2. The third kappa shape index (κ3) is 2.75. The van der Waals surface area contributed by atoms with Crippen molar-refractivity contribution in [1.82, 2.24) is 15.1 Å². The van der Waals surface area contributed by atoms with E-state index in [-0.39, 0.29) is 5.91 Å². The van der Waals surface area contributed by atoms with Gasteiger partial charge >= 0.3 is 0 Å². The molecule has 0 fully saturated rings. The first-order chi connectivity index (χ1) is 8.70. The molecule has 1 heterocycles. The number of carbonyl (C=O) groups is 1. The summed E-state index contributed by atoms with van der Waals surface area (Å²) >= 11 is 0. The molecule has 0 aliphatic rings. The van der Waals surface area contributed by atoms with Gasteiger partial charge in [0.2, 0.25) is 0 Å². The van der Waals surface area contributed by atoms with Gasteiger partial charge in [0.15, 0.2) is 0 Å². The second kappa shape index (κ2) is 5.46. The second-order valence-corrected chi connectivity index (χ2v) is 4.16. The van der Waals surface area contributed by atoms with E-state index in [1.165, 1.54) is 0 Å². The summed E-state index contributed by atoms with van der Waals surface area (Å²) in [6.07, 6.45) is 1.57. The molecule has 1 aromatic carbocycles. The van der Waals surface area contributed by atoms with Crippen LogP contribution in [-0.4, -0.2) is 28.1 Å². The van der Waals surface area contributed by atoms with Crippen LogP contribution in [0.25, 0.3) is 0 Å². The summed E-state index contributed by atoms with van der Waals surface area (Å²) in [5.74, 6) is -0.0781. The predicted molar refractivity (Wildman–Crippen MR) is 68.7 cm³/mol. The Morgan fingerprint density at radius 1 is 1.39 bits per heavy atom. The summed E-state index contributed by atoms with van der Waals surface area (Å²) in [5, 5.41) is 6.44. The first kappa shape index (κ1) is 12.3. The molecular formula is C13H16N4O. The Morgan fingerprint density at radius 2 is 2.17 bits per heavy atom. The first-order valence-corrected chi connectivity index (χ1v) is 5.73. The van der Waals surface area contributed by atoms with Crippen molar-refractivity contribution in [3.05, 3.63) is 53.3 Å². The van der Waals surface area contributed by atoms with Crippen LogP contribution in [0.1, 0.15) is 21.6 Å². The predicted octanol–water partition coefficient (Wildman–Crippen LogP) is 1.14. The van der Waals surface area contributed by atoms with E-state index in [1.54, 1.807) is 24.2 Å². The standard InChI is InChI=1S/C13H16N4O/c1-17(13(18)12-5-6-15-16-12)9-11-4-2-3-10(7-11)8-14/h2-7H,8-9,14H2,1H3,(H,15,16). The van der Waals surface area contributed by atoms with Gasteiger partial charge in [0.25, 0.3) is 5.91 Å². The molecule has 0 aliphatic carbocycles. The van der Waals surface area contributed by atoms with Crippen LogP contribution in [0.3, 0.4) is 0 Å². The number of benzene rings is 1. The molecule has 0 saturated heterocycles. The third-order valence-electron chi connectivity index (χ3n) is 2.72. The Balaban J connectivity index is 2.06. The topological polar surface area (TPSA) is 75.0 Å². The van der Waals surface area contributed by atoms with Crippen LogP contribution < -0.4 is 5.73 Å². The van der Waals surface area contributed by atoms with Crippen LogP contribution in [0, 0.1) is 0 Å². The second-order valence-electron chi connectivity index (χ2n) is 4.16. The summed E-state index contributed by atoms with van der Waals surface area (Å²) < 4.78 is 0. The molecule has 18 heavy (non-hydrogen) atoms. The SMILES string of the molecule is CN(Cc1cccc(CN)c1)C(=O)c1ccn[nH]1. The molecule has 94 valence electrons. The molecule has 0 saturated carbocycles. The average Bonchev–Trinajstić information content (AvgIpc) is 2.92. The van der Waals surface area contributed by atoms with Crippen LogP contribution >= 0.6 is 0 Å². The normalized spacial score (nSPS) is 10.3. The van der Waals surface area contributed by atoms with Crippen molar-refractivity contribution < 1.29 is 4.79 Å². The lowest BCUT2D eigenvalue weighted by molar-refractivity contribution is 0.0779. The zero-order valence-electron chi connectivity index (χ0n) is 10.3. The minimum Gasteiger partial charge on any atom is -0.336 e. The number of nitrogens with two attached hydrogens (primary N) is 1. The lowest BCUT2D eigenvalue weighted by atomic mass is 10.1. The van der Waals surface area contributed by atoms with E-state index < -0.39 is 0 Å².